The molecule has 0 saturated carbocycles. The number of ether oxygens (including phenoxy) is 1. The number of halogens is 1. The van der Waals surface area contributed by atoms with Crippen molar-refractivity contribution in [2.45, 2.75) is 13.5 Å². The number of amides is 1. The number of nitrogens with zero attached hydrogens (tertiary/aromatic N) is 1. The highest BCUT2D eigenvalue weighted by molar-refractivity contribution is 9.10. The molecule has 4 nitrogen and oxygen atoms in total. The lowest BCUT2D eigenvalue weighted by Crippen LogP contribution is -2.22. The van der Waals surface area contributed by atoms with Crippen molar-refractivity contribution in [3.05, 3.63) is 43.5 Å². The molecule has 0 radical (unpaired) electrons. The molecule has 0 saturated heterocycles. The van der Waals surface area contributed by atoms with Crippen LogP contribution in [0.3, 0.4) is 0 Å². The molecule has 0 aliphatic heterocycles. The largest absolute Gasteiger partial charge is 0.494 e. The number of carbonyl (C=O) groups excluding carboxylic acids is 1. The molecule has 0 atom stereocenters. The van der Waals surface area contributed by atoms with Crippen LogP contribution in [0.25, 0.3) is 10.2 Å². The van der Waals surface area contributed by atoms with Gasteiger partial charge in [0.05, 0.1) is 28.3 Å². The zero-order valence-electron chi connectivity index (χ0n) is 12.0. The quantitative estimate of drug-likeness (QED) is 0.712. The van der Waals surface area contributed by atoms with Crippen molar-refractivity contribution < 1.29 is 9.53 Å². The molecule has 0 fully saturated rings. The molecular weight excluding hydrogens is 384 g/mol. The normalized spacial score (nSPS) is 10.9. The Morgan fingerprint density at radius 2 is 2.14 bits per heavy atom. The number of benzene rings is 1. The van der Waals surface area contributed by atoms with E-state index in [1.807, 2.05) is 31.2 Å². The van der Waals surface area contributed by atoms with Crippen LogP contribution in [0.2, 0.25) is 0 Å². The van der Waals surface area contributed by atoms with E-state index in [-0.39, 0.29) is 5.91 Å². The maximum atomic E-state index is 12.4. The Kier molecular flexibility index (Phi) is 4.46. The van der Waals surface area contributed by atoms with Crippen LogP contribution in [0.4, 0.5) is 0 Å². The van der Waals surface area contributed by atoms with Crippen molar-refractivity contribution in [3.63, 3.8) is 0 Å². The van der Waals surface area contributed by atoms with E-state index < -0.39 is 0 Å². The molecule has 0 bridgehead atoms. The van der Waals surface area contributed by atoms with Crippen LogP contribution in [0, 0.1) is 6.92 Å². The highest BCUT2D eigenvalue weighted by atomic mass is 79.9. The molecule has 0 aliphatic carbocycles. The lowest BCUT2D eigenvalue weighted by molar-refractivity contribution is 0.0952. The van der Waals surface area contributed by atoms with Crippen LogP contribution in [-0.2, 0) is 6.54 Å². The van der Waals surface area contributed by atoms with Gasteiger partial charge in [-0.15, -0.1) is 22.7 Å². The van der Waals surface area contributed by atoms with Gasteiger partial charge in [-0.05, 0) is 35.0 Å². The Bertz CT molecular complexity index is 808. The number of hydrogen-bond donors (Lipinski definition) is 1. The van der Waals surface area contributed by atoms with E-state index in [0.29, 0.717) is 17.2 Å². The van der Waals surface area contributed by atoms with Gasteiger partial charge in [-0.1, -0.05) is 12.1 Å². The number of aryl methyl sites for hydroxylation is 1. The van der Waals surface area contributed by atoms with Crippen LogP contribution < -0.4 is 10.1 Å². The van der Waals surface area contributed by atoms with E-state index in [0.717, 1.165) is 24.6 Å². The van der Waals surface area contributed by atoms with E-state index in [9.17, 15) is 4.79 Å². The first-order chi connectivity index (χ1) is 10.6. The van der Waals surface area contributed by atoms with Gasteiger partial charge in [0, 0.05) is 4.88 Å². The van der Waals surface area contributed by atoms with Gasteiger partial charge in [0.2, 0.25) is 0 Å². The van der Waals surface area contributed by atoms with Gasteiger partial charge in [0.1, 0.15) is 9.88 Å². The SMILES string of the molecule is COc1c(C(=O)NCc2nc3ccccc3s2)sc(C)c1Br. The van der Waals surface area contributed by atoms with Crippen molar-refractivity contribution >= 4 is 54.7 Å². The fourth-order valence-corrected chi connectivity index (χ4v) is 4.64. The molecule has 7 heteroatoms. The summed E-state index contributed by atoms with van der Waals surface area (Å²) in [5.41, 5.74) is 0.962. The summed E-state index contributed by atoms with van der Waals surface area (Å²) in [6, 6.07) is 7.95. The highest BCUT2D eigenvalue weighted by Crippen LogP contribution is 2.39. The third kappa shape index (κ3) is 2.88. The van der Waals surface area contributed by atoms with Crippen molar-refractivity contribution in [2.24, 2.45) is 0 Å². The van der Waals surface area contributed by atoms with Crippen molar-refractivity contribution in [3.8, 4) is 5.75 Å². The van der Waals surface area contributed by atoms with Crippen LogP contribution >= 0.6 is 38.6 Å². The molecule has 114 valence electrons. The molecule has 1 amide bonds. The van der Waals surface area contributed by atoms with Gasteiger partial charge < -0.3 is 10.1 Å². The van der Waals surface area contributed by atoms with E-state index >= 15 is 0 Å². The van der Waals surface area contributed by atoms with E-state index in [2.05, 4.69) is 26.2 Å². The monoisotopic (exact) mass is 396 g/mol. The van der Waals surface area contributed by atoms with Crippen LogP contribution in [0.1, 0.15) is 19.6 Å². The fourth-order valence-electron chi connectivity index (χ4n) is 2.07. The molecule has 2 aromatic heterocycles. The van der Waals surface area contributed by atoms with Gasteiger partial charge in [-0.3, -0.25) is 4.79 Å². The first-order valence-electron chi connectivity index (χ1n) is 6.55. The summed E-state index contributed by atoms with van der Waals surface area (Å²) < 4.78 is 7.27. The summed E-state index contributed by atoms with van der Waals surface area (Å²) in [5.74, 6) is 0.444. The summed E-state index contributed by atoms with van der Waals surface area (Å²) in [6.45, 7) is 2.36. The minimum absolute atomic E-state index is 0.144. The molecule has 3 rings (SSSR count). The molecule has 1 aromatic carbocycles. The first-order valence-corrected chi connectivity index (χ1v) is 8.98. The summed E-state index contributed by atoms with van der Waals surface area (Å²) in [7, 11) is 1.57. The maximum Gasteiger partial charge on any atom is 0.265 e. The minimum atomic E-state index is -0.144. The number of methoxy groups -OCH3 is 1. The zero-order valence-corrected chi connectivity index (χ0v) is 15.2. The van der Waals surface area contributed by atoms with Gasteiger partial charge in [-0.25, -0.2) is 4.98 Å². The minimum Gasteiger partial charge on any atom is -0.494 e. The number of para-hydroxylation sites is 1. The Hall–Kier alpha value is -1.44. The summed E-state index contributed by atoms with van der Waals surface area (Å²) >= 11 is 6.45. The second-order valence-electron chi connectivity index (χ2n) is 4.59. The lowest BCUT2D eigenvalue weighted by Gasteiger charge is -2.04. The summed E-state index contributed by atoms with van der Waals surface area (Å²) in [6.07, 6.45) is 0. The molecule has 0 spiro atoms. The van der Waals surface area contributed by atoms with Crippen molar-refractivity contribution in [2.75, 3.05) is 7.11 Å². The third-order valence-electron chi connectivity index (χ3n) is 3.12. The summed E-state index contributed by atoms with van der Waals surface area (Å²) in [5, 5.41) is 3.80. The van der Waals surface area contributed by atoms with Crippen LogP contribution in [0.5, 0.6) is 5.75 Å². The maximum absolute atomic E-state index is 12.4. The number of hydrogen-bond acceptors (Lipinski definition) is 5. The second-order valence-corrected chi connectivity index (χ2v) is 7.73. The molecule has 2 heterocycles. The van der Waals surface area contributed by atoms with Gasteiger partial charge in [-0.2, -0.15) is 0 Å². The van der Waals surface area contributed by atoms with Crippen LogP contribution in [-0.4, -0.2) is 18.0 Å². The molecule has 1 N–H and O–H groups in total. The summed E-state index contributed by atoms with van der Waals surface area (Å²) in [4.78, 5) is 18.5. The Morgan fingerprint density at radius 1 is 1.36 bits per heavy atom. The predicted molar refractivity (Wildman–Crippen MR) is 94.1 cm³/mol. The Morgan fingerprint density at radius 3 is 2.86 bits per heavy atom. The Labute approximate surface area is 144 Å². The predicted octanol–water partition coefficient (Wildman–Crippen LogP) is 4.37. The molecule has 0 unspecified atom stereocenters. The molecule has 0 aliphatic rings. The fraction of sp³-hybridized carbons (Fsp3) is 0.200. The van der Waals surface area contributed by atoms with Gasteiger partial charge >= 0.3 is 0 Å². The van der Waals surface area contributed by atoms with E-state index in [1.165, 1.54) is 11.3 Å². The topological polar surface area (TPSA) is 51.2 Å². The molecular formula is C15H13BrN2O2S2. The average Bonchev–Trinajstić information content (AvgIpc) is 3.06. The van der Waals surface area contributed by atoms with Gasteiger partial charge in [0.25, 0.3) is 5.91 Å². The third-order valence-corrected chi connectivity index (χ3v) is 6.46. The number of aromatic nitrogens is 1. The zero-order chi connectivity index (χ0) is 15.7. The van der Waals surface area contributed by atoms with Crippen molar-refractivity contribution in [1.82, 2.24) is 10.3 Å². The van der Waals surface area contributed by atoms with E-state index in [4.69, 9.17) is 4.74 Å². The van der Waals surface area contributed by atoms with Crippen molar-refractivity contribution in [1.29, 1.82) is 0 Å². The van der Waals surface area contributed by atoms with Gasteiger partial charge in [0.15, 0.2) is 5.75 Å². The molecule has 3 aromatic rings. The van der Waals surface area contributed by atoms with E-state index in [1.54, 1.807) is 18.4 Å². The smallest absolute Gasteiger partial charge is 0.265 e. The Balaban J connectivity index is 1.76. The number of thiophene rings is 1. The number of carbonyl (C=O) groups is 1. The number of fused-ring (bicyclic) bond motifs is 1. The highest BCUT2D eigenvalue weighted by Gasteiger charge is 2.20. The molecule has 22 heavy (non-hydrogen) atoms. The number of rotatable bonds is 4. The number of nitrogens with one attached hydrogen (secondary N) is 1. The second kappa shape index (κ2) is 6.36. The average molecular weight is 397 g/mol. The number of thiazole rings is 1. The standard InChI is InChI=1S/C15H13BrN2O2S2/c1-8-12(16)13(20-2)14(21-8)15(19)17-7-11-18-9-5-3-4-6-10(9)22-11/h3-6H,7H2,1-2H3,(H,17,19). The first kappa shape index (κ1) is 15.5. The lowest BCUT2D eigenvalue weighted by atomic mass is 10.3. The van der Waals surface area contributed by atoms with Crippen LogP contribution in [0.15, 0.2) is 28.7 Å².